The zero-order chi connectivity index (χ0) is 60.8. The molecule has 466 valence electrons. The van der Waals surface area contributed by atoms with Crippen LogP contribution in [0.25, 0.3) is 5.73 Å². The van der Waals surface area contributed by atoms with Gasteiger partial charge in [0.05, 0.1) is 18.6 Å². The Morgan fingerprint density at radius 1 is 0.667 bits per heavy atom. The third-order valence-corrected chi connectivity index (χ3v) is 13.6. The number of halogens is 14. The van der Waals surface area contributed by atoms with Crippen molar-refractivity contribution in [3.05, 3.63) is 75.5 Å². The van der Waals surface area contributed by atoms with Crippen molar-refractivity contribution in [1.82, 2.24) is 0 Å². The molecule has 0 saturated carbocycles. The number of carboxylic acid groups (broad SMARTS) is 1. The van der Waals surface area contributed by atoms with E-state index in [1.54, 1.807) is 27.7 Å². The van der Waals surface area contributed by atoms with Crippen LogP contribution in [-0.4, -0.2) is 102 Å². The Bertz CT molecular complexity index is 2200. The van der Waals surface area contributed by atoms with E-state index in [0.29, 0.717) is 70.0 Å². The molecular formula is C53H70F12I2NO12S-3. The van der Waals surface area contributed by atoms with E-state index in [4.69, 9.17) is 24.7 Å². The van der Waals surface area contributed by atoms with Gasteiger partial charge in [-0.1, -0.05) is 29.5 Å². The summed E-state index contributed by atoms with van der Waals surface area (Å²) >= 11 is 3.79. The van der Waals surface area contributed by atoms with Gasteiger partial charge >= 0.3 is 35.7 Å². The molecule has 1 unspecified atom stereocenters. The highest BCUT2D eigenvalue weighted by atomic mass is 127. The number of carbonyl (C=O) groups excluding carboxylic acids is 5. The topological polar surface area (TPSA) is 188 Å². The molecule has 0 amide bonds. The molecule has 81 heavy (non-hydrogen) atoms. The van der Waals surface area contributed by atoms with Crippen LogP contribution in [0, 0.1) is 64.3 Å². The van der Waals surface area contributed by atoms with Crippen molar-refractivity contribution in [2.45, 2.75) is 159 Å². The standard InChI is InChI=1S/C15H15F5O3.C15H17F3O3.C13H20F4O2S.C8H13IO4.C2H6N.HI/c16-11-9(12(17)14(19)15(20)13(11)18)7-23-10(21)2-1-8-3-5-22-6-4-8;16-12-3-2-11(14(17)15(12)18)9-21-13(19)4-1-10-5-7-20-8-6-10;1-12(14,15)13(16,17)6-7-19-11(18)3-2-10-4-8-20-9-5-10;1-5(9)7(12)13-8(2,3)4-6(10)11;1-2-3;/h8H,1-7H2;2-3,10H,1,4-9H2;10H,2-9H2,1H3;5H,4H2,1-3H3,(H,10,11);3H,2H2,1H3;1H/q;;;;-1;/p-2. The van der Waals surface area contributed by atoms with Gasteiger partial charge < -0.3 is 68.0 Å². The van der Waals surface area contributed by atoms with E-state index >= 15 is 0 Å². The summed E-state index contributed by atoms with van der Waals surface area (Å²) in [5, 5.41) is 10.3. The monoisotopic (exact) mass is 1430 g/mol. The minimum Gasteiger partial charge on any atom is -1.00 e. The molecule has 1 N–H and O–H groups in total. The first-order chi connectivity index (χ1) is 37.4. The number of rotatable bonds is 21. The minimum atomic E-state index is -4.14. The summed E-state index contributed by atoms with van der Waals surface area (Å²) in [6, 6.07) is 1.88. The smallest absolute Gasteiger partial charge is 0.319 e. The third kappa shape index (κ3) is 31.4. The van der Waals surface area contributed by atoms with Crippen LogP contribution in [0.3, 0.4) is 0 Å². The normalized spacial score (nSPS) is 15.4. The van der Waals surface area contributed by atoms with Crippen LogP contribution < -0.4 is 29.1 Å². The lowest BCUT2D eigenvalue weighted by molar-refractivity contribution is -0.308. The van der Waals surface area contributed by atoms with Gasteiger partial charge in [0.2, 0.25) is 5.82 Å². The molecule has 3 saturated heterocycles. The van der Waals surface area contributed by atoms with Crippen molar-refractivity contribution < 1.29 is 134 Å². The van der Waals surface area contributed by atoms with Gasteiger partial charge in [0.25, 0.3) is 0 Å². The van der Waals surface area contributed by atoms with Crippen molar-refractivity contribution in [3.63, 3.8) is 0 Å². The molecule has 2 aromatic carbocycles. The van der Waals surface area contributed by atoms with Crippen molar-refractivity contribution in [2.75, 3.05) is 51.1 Å². The van der Waals surface area contributed by atoms with Gasteiger partial charge in [-0.15, -0.1) is 0 Å². The van der Waals surface area contributed by atoms with Crippen molar-refractivity contribution in [3.8, 4) is 0 Å². The number of benzene rings is 2. The molecule has 13 nitrogen and oxygen atoms in total. The molecule has 0 spiro atoms. The molecule has 2 aromatic rings. The summed E-state index contributed by atoms with van der Waals surface area (Å²) in [6.45, 7) is 7.80. The maximum atomic E-state index is 13.4. The molecule has 28 heteroatoms. The molecule has 3 fully saturated rings. The molecule has 3 aliphatic rings. The maximum absolute atomic E-state index is 13.4. The number of hydrogen-bond donors (Lipinski definition) is 0. The van der Waals surface area contributed by atoms with Crippen molar-refractivity contribution >= 4 is 64.2 Å². The fourth-order valence-electron chi connectivity index (χ4n) is 7.30. The average Bonchev–Trinajstić information content (AvgIpc) is 3.40. The van der Waals surface area contributed by atoms with Gasteiger partial charge in [-0.3, -0.25) is 19.2 Å². The lowest BCUT2D eigenvalue weighted by Crippen LogP contribution is -3.00. The Morgan fingerprint density at radius 2 is 1.07 bits per heavy atom. The summed E-state index contributed by atoms with van der Waals surface area (Å²) in [6.07, 6.45) is 6.45. The van der Waals surface area contributed by atoms with Crippen molar-refractivity contribution in [2.24, 2.45) is 17.8 Å². The first-order valence-electron chi connectivity index (χ1n) is 25.7. The lowest BCUT2D eigenvalue weighted by Gasteiger charge is -2.26. The summed E-state index contributed by atoms with van der Waals surface area (Å²) in [7, 11) is 0. The SMILES string of the molecule is CC(F)(F)C(F)(F)CCOC(=O)CCC1CCSCC1.CC(I)C(=O)OC(C)(C)CC(=O)[O-].CC[NH-].O=C(CCC1CCOCC1)OCc1c(F)c(F)c(F)c(F)c1F.O=C(CCC1CCOCC1)OCc1ccc(F)c(F)c1F.[I-]. The number of nitrogens with one attached hydrogen (secondary N) is 1. The van der Waals surface area contributed by atoms with Crippen LogP contribution in [0.4, 0.5) is 52.7 Å². The molecule has 3 heterocycles. The fraction of sp³-hybridized carbons (Fsp3) is 0.679. The summed E-state index contributed by atoms with van der Waals surface area (Å²) in [5.74, 6) is -22.8. The van der Waals surface area contributed by atoms with E-state index in [1.165, 1.54) is 0 Å². The molecule has 0 aromatic heterocycles. The average molecular weight is 1430 g/mol. The number of thioether (sulfide) groups is 1. The van der Waals surface area contributed by atoms with E-state index < -0.39 is 126 Å². The van der Waals surface area contributed by atoms with Crippen LogP contribution in [0.1, 0.15) is 136 Å². The van der Waals surface area contributed by atoms with Crippen LogP contribution in [0.15, 0.2) is 12.1 Å². The summed E-state index contributed by atoms with van der Waals surface area (Å²) < 4.78 is 185. The zero-order valence-electron chi connectivity index (χ0n) is 45.5. The number of aliphatic carboxylic acids is 1. The zero-order valence-corrected chi connectivity index (χ0v) is 50.7. The van der Waals surface area contributed by atoms with Crippen LogP contribution in [0.5, 0.6) is 0 Å². The van der Waals surface area contributed by atoms with Crippen LogP contribution >= 0.6 is 34.4 Å². The second-order valence-corrected chi connectivity index (χ2v) is 22.3. The molecule has 5 rings (SSSR count). The molecule has 0 aliphatic carbocycles. The summed E-state index contributed by atoms with van der Waals surface area (Å²) in [4.78, 5) is 55.9. The second-order valence-electron chi connectivity index (χ2n) is 19.3. The number of esters is 4. The van der Waals surface area contributed by atoms with Gasteiger partial charge in [0, 0.05) is 70.6 Å². The van der Waals surface area contributed by atoms with Gasteiger partial charge in [0.1, 0.15) is 22.7 Å². The number of ether oxygens (including phenoxy) is 6. The van der Waals surface area contributed by atoms with E-state index in [0.717, 1.165) is 62.2 Å². The van der Waals surface area contributed by atoms with Gasteiger partial charge in [-0.05, 0) is 120 Å². The Morgan fingerprint density at radius 3 is 1.49 bits per heavy atom. The Kier molecular flexibility index (Phi) is 38.4. The Balaban J connectivity index is 0.00000105. The van der Waals surface area contributed by atoms with E-state index in [2.05, 4.69) is 9.47 Å². The maximum Gasteiger partial charge on any atom is 0.319 e. The predicted molar refractivity (Wildman–Crippen MR) is 276 cm³/mol. The highest BCUT2D eigenvalue weighted by Gasteiger charge is 2.51. The first kappa shape index (κ1) is 77.6. The molecule has 3 aliphatic heterocycles. The first-order valence-corrected chi connectivity index (χ1v) is 28.1. The largest absolute Gasteiger partial charge is 1.00 e. The second kappa shape index (κ2) is 40.0. The highest BCUT2D eigenvalue weighted by Crippen LogP contribution is 2.36. The van der Waals surface area contributed by atoms with Crippen LogP contribution in [0.2, 0.25) is 0 Å². The highest BCUT2D eigenvalue weighted by molar-refractivity contribution is 14.1. The number of carbonyl (C=O) groups is 5. The predicted octanol–water partition coefficient (Wildman–Crippen LogP) is 9.45. The lowest BCUT2D eigenvalue weighted by atomic mass is 9.95. The van der Waals surface area contributed by atoms with Gasteiger partial charge in [-0.2, -0.15) is 27.1 Å². The number of hydrogen-bond acceptors (Lipinski definition) is 13. The third-order valence-electron chi connectivity index (χ3n) is 12.1. The molecular weight excluding hydrogens is 1360 g/mol. The molecule has 0 radical (unpaired) electrons. The number of carboxylic acids is 1. The Hall–Kier alpha value is -3.36. The fourth-order valence-corrected chi connectivity index (χ4v) is 8.63. The van der Waals surface area contributed by atoms with Gasteiger partial charge in [0.15, 0.2) is 40.7 Å². The number of alkyl halides is 5. The van der Waals surface area contributed by atoms with Crippen molar-refractivity contribution in [1.29, 1.82) is 0 Å². The van der Waals surface area contributed by atoms with E-state index in [1.807, 2.05) is 34.4 Å². The Labute approximate surface area is 499 Å². The van der Waals surface area contributed by atoms with E-state index in [9.17, 15) is 81.8 Å². The minimum absolute atomic E-state index is 0. The van der Waals surface area contributed by atoms with Crippen LogP contribution in [-0.2, 0) is 65.6 Å². The van der Waals surface area contributed by atoms with Gasteiger partial charge in [-0.25, -0.2) is 43.9 Å². The summed E-state index contributed by atoms with van der Waals surface area (Å²) in [5.41, 5.74) is 3.89. The molecule has 0 bridgehead atoms. The molecule has 1 atom stereocenters. The quantitative estimate of drug-likeness (QED) is 0.0219. The van der Waals surface area contributed by atoms with E-state index in [-0.39, 0.29) is 66.1 Å².